The van der Waals surface area contributed by atoms with E-state index in [1.165, 1.54) is 18.2 Å². The first-order chi connectivity index (χ1) is 10.7. The van der Waals surface area contributed by atoms with Crippen LogP contribution < -0.4 is 0 Å². The zero-order valence-electron chi connectivity index (χ0n) is 12.6. The summed E-state index contributed by atoms with van der Waals surface area (Å²) >= 11 is 0. The van der Waals surface area contributed by atoms with E-state index < -0.39 is 11.6 Å². The van der Waals surface area contributed by atoms with Gasteiger partial charge < -0.3 is 4.98 Å². The molecule has 0 aliphatic carbocycles. The van der Waals surface area contributed by atoms with Crippen LogP contribution in [-0.4, -0.2) is 28.0 Å². The van der Waals surface area contributed by atoms with Crippen molar-refractivity contribution in [1.29, 1.82) is 0 Å². The van der Waals surface area contributed by atoms with Crippen LogP contribution in [0.3, 0.4) is 0 Å². The molecule has 1 fully saturated rings. The Morgan fingerprint density at radius 2 is 2.09 bits per heavy atom. The summed E-state index contributed by atoms with van der Waals surface area (Å²) in [5.74, 6) is 0.606. The van der Waals surface area contributed by atoms with Gasteiger partial charge in [0.15, 0.2) is 0 Å². The lowest BCUT2D eigenvalue weighted by atomic mass is 9.91. The highest BCUT2D eigenvalue weighted by atomic mass is 19.1. The lowest BCUT2D eigenvalue weighted by Gasteiger charge is -2.32. The van der Waals surface area contributed by atoms with Crippen molar-refractivity contribution in [3.63, 3.8) is 0 Å². The van der Waals surface area contributed by atoms with Crippen LogP contribution in [0.15, 0.2) is 30.6 Å². The number of hydrogen-bond acceptors (Lipinski definition) is 2. The standard InChI is InChI=1S/C17H21F2N3/c18-15-4-1-5-16(19)14(15)7-6-13-3-2-10-22(11-13)12-17-20-8-9-21-17/h1,4-5,8-9,13H,2-3,6-7,10-12H2,(H,20,21). The van der Waals surface area contributed by atoms with Crippen molar-refractivity contribution >= 4 is 0 Å². The van der Waals surface area contributed by atoms with Crippen LogP contribution in [0, 0.1) is 17.6 Å². The van der Waals surface area contributed by atoms with Crippen LogP contribution >= 0.6 is 0 Å². The maximum atomic E-state index is 13.7. The van der Waals surface area contributed by atoms with Gasteiger partial charge in [0.25, 0.3) is 0 Å². The highest BCUT2D eigenvalue weighted by Gasteiger charge is 2.21. The summed E-state index contributed by atoms with van der Waals surface area (Å²) in [5.41, 5.74) is 0.227. The van der Waals surface area contributed by atoms with Crippen molar-refractivity contribution in [1.82, 2.24) is 14.9 Å². The lowest BCUT2D eigenvalue weighted by Crippen LogP contribution is -2.35. The first kappa shape index (κ1) is 15.2. The summed E-state index contributed by atoms with van der Waals surface area (Å²) in [6.07, 6.45) is 7.15. The molecule has 0 saturated carbocycles. The van der Waals surface area contributed by atoms with Crippen LogP contribution in [0.5, 0.6) is 0 Å². The van der Waals surface area contributed by atoms with Gasteiger partial charge in [-0.25, -0.2) is 13.8 Å². The first-order valence-corrected chi connectivity index (χ1v) is 7.86. The Hall–Kier alpha value is -1.75. The minimum absolute atomic E-state index is 0.227. The second kappa shape index (κ2) is 7.01. The van der Waals surface area contributed by atoms with Crippen molar-refractivity contribution in [3.05, 3.63) is 53.6 Å². The Morgan fingerprint density at radius 1 is 1.27 bits per heavy atom. The molecule has 0 amide bonds. The Kier molecular flexibility index (Phi) is 4.83. The topological polar surface area (TPSA) is 31.9 Å². The van der Waals surface area contributed by atoms with Crippen LogP contribution in [0.1, 0.15) is 30.7 Å². The largest absolute Gasteiger partial charge is 0.348 e. The third-order valence-electron chi connectivity index (χ3n) is 4.40. The Balaban J connectivity index is 1.54. The number of benzene rings is 1. The van der Waals surface area contributed by atoms with Gasteiger partial charge in [-0.2, -0.15) is 0 Å². The van der Waals surface area contributed by atoms with E-state index in [2.05, 4.69) is 14.9 Å². The maximum absolute atomic E-state index is 13.7. The quantitative estimate of drug-likeness (QED) is 0.916. The molecule has 22 heavy (non-hydrogen) atoms. The zero-order chi connectivity index (χ0) is 15.4. The highest BCUT2D eigenvalue weighted by molar-refractivity contribution is 5.19. The molecule has 1 aliphatic rings. The molecular weight excluding hydrogens is 284 g/mol. The smallest absolute Gasteiger partial charge is 0.129 e. The summed E-state index contributed by atoms with van der Waals surface area (Å²) in [4.78, 5) is 9.74. The minimum atomic E-state index is -0.428. The summed E-state index contributed by atoms with van der Waals surface area (Å²) in [5, 5.41) is 0. The number of aromatic amines is 1. The van der Waals surface area contributed by atoms with Gasteiger partial charge in [-0.15, -0.1) is 0 Å². The van der Waals surface area contributed by atoms with Crippen LogP contribution in [0.4, 0.5) is 8.78 Å². The van der Waals surface area contributed by atoms with Crippen LogP contribution in [-0.2, 0) is 13.0 Å². The van der Waals surface area contributed by atoms with Gasteiger partial charge in [-0.05, 0) is 50.3 Å². The second-order valence-corrected chi connectivity index (χ2v) is 6.02. The third kappa shape index (κ3) is 3.71. The zero-order valence-corrected chi connectivity index (χ0v) is 12.6. The lowest BCUT2D eigenvalue weighted by molar-refractivity contribution is 0.158. The maximum Gasteiger partial charge on any atom is 0.129 e. The van der Waals surface area contributed by atoms with E-state index in [4.69, 9.17) is 0 Å². The van der Waals surface area contributed by atoms with Crippen molar-refractivity contribution in [2.24, 2.45) is 5.92 Å². The van der Waals surface area contributed by atoms with E-state index in [0.717, 1.165) is 44.7 Å². The molecule has 3 rings (SSSR count). The summed E-state index contributed by atoms with van der Waals surface area (Å²) in [7, 11) is 0. The number of nitrogens with one attached hydrogen (secondary N) is 1. The molecule has 1 aromatic heterocycles. The molecule has 1 N–H and O–H groups in total. The number of likely N-dealkylation sites (tertiary alicyclic amines) is 1. The van der Waals surface area contributed by atoms with Gasteiger partial charge >= 0.3 is 0 Å². The Morgan fingerprint density at radius 3 is 2.82 bits per heavy atom. The second-order valence-electron chi connectivity index (χ2n) is 6.02. The molecule has 1 unspecified atom stereocenters. The highest BCUT2D eigenvalue weighted by Crippen LogP contribution is 2.24. The molecular formula is C17H21F2N3. The molecule has 3 nitrogen and oxygen atoms in total. The fourth-order valence-corrected chi connectivity index (χ4v) is 3.25. The number of piperidine rings is 1. The number of rotatable bonds is 5. The number of aromatic nitrogens is 2. The molecule has 1 aliphatic heterocycles. The molecule has 1 saturated heterocycles. The number of nitrogens with zero attached hydrogens (tertiary/aromatic N) is 2. The minimum Gasteiger partial charge on any atom is -0.348 e. The third-order valence-corrected chi connectivity index (χ3v) is 4.40. The Labute approximate surface area is 129 Å². The predicted molar refractivity (Wildman–Crippen MR) is 81.3 cm³/mol. The summed E-state index contributed by atoms with van der Waals surface area (Å²) < 4.78 is 27.3. The molecule has 1 atom stereocenters. The molecule has 5 heteroatoms. The first-order valence-electron chi connectivity index (χ1n) is 7.86. The van der Waals surface area contributed by atoms with Gasteiger partial charge in [-0.3, -0.25) is 4.90 Å². The van der Waals surface area contributed by atoms with E-state index in [9.17, 15) is 8.78 Å². The number of hydrogen-bond donors (Lipinski definition) is 1. The molecule has 0 radical (unpaired) electrons. The SMILES string of the molecule is Fc1cccc(F)c1CCC1CCCN(Cc2ncc[nH]2)C1. The van der Waals surface area contributed by atoms with Crippen molar-refractivity contribution in [3.8, 4) is 0 Å². The van der Waals surface area contributed by atoms with Crippen molar-refractivity contribution in [2.75, 3.05) is 13.1 Å². The van der Waals surface area contributed by atoms with Crippen molar-refractivity contribution in [2.45, 2.75) is 32.2 Å². The molecule has 2 heterocycles. The van der Waals surface area contributed by atoms with Crippen LogP contribution in [0.25, 0.3) is 0 Å². The van der Waals surface area contributed by atoms with Gasteiger partial charge in [0.1, 0.15) is 17.5 Å². The number of imidazole rings is 1. The fourth-order valence-electron chi connectivity index (χ4n) is 3.25. The number of H-pyrrole nitrogens is 1. The van der Waals surface area contributed by atoms with Gasteiger partial charge in [0.05, 0.1) is 6.54 Å². The van der Waals surface area contributed by atoms with Gasteiger partial charge in [-0.1, -0.05) is 6.07 Å². The molecule has 118 valence electrons. The monoisotopic (exact) mass is 305 g/mol. The fraction of sp³-hybridized carbons (Fsp3) is 0.471. The molecule has 2 aromatic rings. The molecule has 0 bridgehead atoms. The van der Waals surface area contributed by atoms with Crippen LogP contribution in [0.2, 0.25) is 0 Å². The average Bonchev–Trinajstić information content (AvgIpc) is 3.00. The van der Waals surface area contributed by atoms with Crippen molar-refractivity contribution < 1.29 is 8.78 Å². The summed E-state index contributed by atoms with van der Waals surface area (Å²) in [6, 6.07) is 4.09. The molecule has 1 aromatic carbocycles. The van der Waals surface area contributed by atoms with Gasteiger partial charge in [0.2, 0.25) is 0 Å². The van der Waals surface area contributed by atoms with Gasteiger partial charge in [0, 0.05) is 24.5 Å². The van der Waals surface area contributed by atoms with E-state index in [0.29, 0.717) is 12.3 Å². The predicted octanol–water partition coefficient (Wildman–Crippen LogP) is 3.53. The van der Waals surface area contributed by atoms with E-state index in [1.54, 1.807) is 6.20 Å². The van der Waals surface area contributed by atoms with E-state index in [1.807, 2.05) is 6.20 Å². The van der Waals surface area contributed by atoms with E-state index >= 15 is 0 Å². The normalized spacial score (nSPS) is 19.5. The molecule has 0 spiro atoms. The summed E-state index contributed by atoms with van der Waals surface area (Å²) in [6.45, 7) is 2.85. The van der Waals surface area contributed by atoms with E-state index in [-0.39, 0.29) is 5.56 Å². The average molecular weight is 305 g/mol. The Bertz CT molecular complexity index is 578. The number of halogens is 2.